The Labute approximate surface area is 96.3 Å². The van der Waals surface area contributed by atoms with Gasteiger partial charge in [0.2, 0.25) is 0 Å². The number of hydrogen-bond acceptors (Lipinski definition) is 1. The van der Waals surface area contributed by atoms with E-state index in [1.807, 2.05) is 18.2 Å². The fourth-order valence-electron chi connectivity index (χ4n) is 2.03. The molecule has 0 spiro atoms. The van der Waals surface area contributed by atoms with Crippen molar-refractivity contribution in [1.29, 1.82) is 0 Å². The summed E-state index contributed by atoms with van der Waals surface area (Å²) < 4.78 is 2.27. The molecule has 0 bridgehead atoms. The molecule has 16 heavy (non-hydrogen) atoms. The zero-order valence-corrected chi connectivity index (χ0v) is 9.77. The highest BCUT2D eigenvalue weighted by Gasteiger charge is 2.11. The Kier molecular flexibility index (Phi) is 2.96. The van der Waals surface area contributed by atoms with Gasteiger partial charge in [-0.3, -0.25) is 0 Å². The Morgan fingerprint density at radius 3 is 2.81 bits per heavy atom. The second-order valence-corrected chi connectivity index (χ2v) is 4.18. The number of imidazole rings is 1. The summed E-state index contributed by atoms with van der Waals surface area (Å²) in [5, 5.41) is 0. The fourth-order valence-corrected chi connectivity index (χ4v) is 2.03. The van der Waals surface area contributed by atoms with Crippen LogP contribution in [0.4, 0.5) is 0 Å². The lowest BCUT2D eigenvalue weighted by Gasteiger charge is -2.12. The monoisotopic (exact) mass is 212 g/mol. The second-order valence-electron chi connectivity index (χ2n) is 4.18. The summed E-state index contributed by atoms with van der Waals surface area (Å²) in [5.41, 5.74) is 2.26. The van der Waals surface area contributed by atoms with E-state index in [0.717, 1.165) is 24.2 Å². The number of rotatable bonds is 3. The van der Waals surface area contributed by atoms with Crippen molar-refractivity contribution in [3.05, 3.63) is 30.1 Å². The SMILES string of the molecule is C#CCCc1nc2ccccc2n1C(C)C. The lowest BCUT2D eigenvalue weighted by atomic mass is 10.2. The first-order valence-electron chi connectivity index (χ1n) is 5.63. The molecule has 1 heterocycles. The maximum absolute atomic E-state index is 5.31. The van der Waals surface area contributed by atoms with Gasteiger partial charge in [0, 0.05) is 18.9 Å². The van der Waals surface area contributed by atoms with Crippen LogP contribution in [0.5, 0.6) is 0 Å². The predicted molar refractivity (Wildman–Crippen MR) is 67.3 cm³/mol. The van der Waals surface area contributed by atoms with E-state index in [4.69, 9.17) is 6.42 Å². The molecule has 2 nitrogen and oxygen atoms in total. The van der Waals surface area contributed by atoms with Crippen LogP contribution in [0, 0.1) is 12.3 Å². The van der Waals surface area contributed by atoms with Gasteiger partial charge in [0.05, 0.1) is 11.0 Å². The first-order chi connectivity index (χ1) is 7.74. The van der Waals surface area contributed by atoms with E-state index in [9.17, 15) is 0 Å². The number of aromatic nitrogens is 2. The summed E-state index contributed by atoms with van der Waals surface area (Å²) in [6, 6.07) is 8.65. The first-order valence-corrected chi connectivity index (χ1v) is 5.63. The van der Waals surface area contributed by atoms with E-state index < -0.39 is 0 Å². The molecule has 0 saturated heterocycles. The minimum atomic E-state index is 0.417. The Hall–Kier alpha value is -1.75. The van der Waals surface area contributed by atoms with Crippen molar-refractivity contribution < 1.29 is 0 Å². The zero-order chi connectivity index (χ0) is 11.5. The molecule has 0 aliphatic heterocycles. The van der Waals surface area contributed by atoms with Crippen molar-refractivity contribution in [2.45, 2.75) is 32.7 Å². The van der Waals surface area contributed by atoms with Gasteiger partial charge in [-0.25, -0.2) is 4.98 Å². The maximum Gasteiger partial charge on any atom is 0.111 e. The van der Waals surface area contributed by atoms with E-state index in [1.165, 1.54) is 5.52 Å². The van der Waals surface area contributed by atoms with Crippen LogP contribution in [0.1, 0.15) is 32.1 Å². The number of benzene rings is 1. The predicted octanol–water partition coefficient (Wildman–Crippen LogP) is 3.18. The van der Waals surface area contributed by atoms with E-state index in [0.29, 0.717) is 6.04 Å². The highest BCUT2D eigenvalue weighted by molar-refractivity contribution is 5.76. The summed E-state index contributed by atoms with van der Waals surface area (Å²) in [7, 11) is 0. The van der Waals surface area contributed by atoms with Crippen LogP contribution >= 0.6 is 0 Å². The van der Waals surface area contributed by atoms with E-state index >= 15 is 0 Å². The van der Waals surface area contributed by atoms with Gasteiger partial charge in [-0.1, -0.05) is 12.1 Å². The molecule has 0 N–H and O–H groups in total. The molecule has 0 unspecified atom stereocenters. The minimum Gasteiger partial charge on any atom is -0.325 e. The number of nitrogens with zero attached hydrogens (tertiary/aromatic N) is 2. The number of fused-ring (bicyclic) bond motifs is 1. The number of hydrogen-bond donors (Lipinski definition) is 0. The lowest BCUT2D eigenvalue weighted by Crippen LogP contribution is -2.06. The Morgan fingerprint density at radius 1 is 1.38 bits per heavy atom. The van der Waals surface area contributed by atoms with Gasteiger partial charge in [0.1, 0.15) is 5.82 Å². The molecule has 0 amide bonds. The topological polar surface area (TPSA) is 17.8 Å². The Morgan fingerprint density at radius 2 is 2.12 bits per heavy atom. The lowest BCUT2D eigenvalue weighted by molar-refractivity contribution is 0.584. The first kappa shape index (κ1) is 10.8. The Balaban J connectivity index is 2.55. The van der Waals surface area contributed by atoms with Crippen molar-refractivity contribution in [2.75, 3.05) is 0 Å². The van der Waals surface area contributed by atoms with Gasteiger partial charge in [0.25, 0.3) is 0 Å². The normalized spacial score (nSPS) is 10.9. The minimum absolute atomic E-state index is 0.417. The maximum atomic E-state index is 5.31. The van der Waals surface area contributed by atoms with Gasteiger partial charge >= 0.3 is 0 Å². The summed E-state index contributed by atoms with van der Waals surface area (Å²) in [6.45, 7) is 4.35. The van der Waals surface area contributed by atoms with E-state index in [1.54, 1.807) is 0 Å². The van der Waals surface area contributed by atoms with Crippen molar-refractivity contribution in [3.63, 3.8) is 0 Å². The fraction of sp³-hybridized carbons (Fsp3) is 0.357. The molecule has 1 aromatic heterocycles. The molecule has 2 heteroatoms. The number of terminal acetylenes is 1. The van der Waals surface area contributed by atoms with Gasteiger partial charge in [-0.2, -0.15) is 0 Å². The molecule has 2 aromatic rings. The molecular weight excluding hydrogens is 196 g/mol. The van der Waals surface area contributed by atoms with E-state index in [-0.39, 0.29) is 0 Å². The molecule has 2 rings (SSSR count). The van der Waals surface area contributed by atoms with Crippen LogP contribution < -0.4 is 0 Å². The smallest absolute Gasteiger partial charge is 0.111 e. The average molecular weight is 212 g/mol. The third-order valence-electron chi connectivity index (χ3n) is 2.68. The van der Waals surface area contributed by atoms with Crippen molar-refractivity contribution in [1.82, 2.24) is 9.55 Å². The molecule has 0 aliphatic rings. The third kappa shape index (κ3) is 1.81. The standard InChI is InChI=1S/C14H16N2/c1-4-5-10-14-15-12-8-6-7-9-13(12)16(14)11(2)3/h1,6-9,11H,5,10H2,2-3H3. The zero-order valence-electron chi connectivity index (χ0n) is 9.77. The highest BCUT2D eigenvalue weighted by Crippen LogP contribution is 2.21. The van der Waals surface area contributed by atoms with E-state index in [2.05, 4.69) is 35.4 Å². The summed E-state index contributed by atoms with van der Waals surface area (Å²) in [4.78, 5) is 4.64. The highest BCUT2D eigenvalue weighted by atomic mass is 15.1. The van der Waals surface area contributed by atoms with Crippen LogP contribution in [-0.4, -0.2) is 9.55 Å². The average Bonchev–Trinajstić information content (AvgIpc) is 2.64. The molecular formula is C14H16N2. The number of aryl methyl sites for hydroxylation is 1. The largest absolute Gasteiger partial charge is 0.325 e. The van der Waals surface area contributed by atoms with Crippen LogP contribution in [0.15, 0.2) is 24.3 Å². The third-order valence-corrected chi connectivity index (χ3v) is 2.68. The molecule has 0 atom stereocenters. The van der Waals surface area contributed by atoms with Gasteiger partial charge < -0.3 is 4.57 Å². The van der Waals surface area contributed by atoms with Crippen LogP contribution in [-0.2, 0) is 6.42 Å². The molecule has 1 aromatic carbocycles. The molecule has 0 aliphatic carbocycles. The van der Waals surface area contributed by atoms with Crippen molar-refractivity contribution in [2.24, 2.45) is 0 Å². The summed E-state index contributed by atoms with van der Waals surface area (Å²) >= 11 is 0. The van der Waals surface area contributed by atoms with Gasteiger partial charge in [-0.15, -0.1) is 12.3 Å². The van der Waals surface area contributed by atoms with Crippen molar-refractivity contribution in [3.8, 4) is 12.3 Å². The van der Waals surface area contributed by atoms with Crippen molar-refractivity contribution >= 4 is 11.0 Å². The summed E-state index contributed by atoms with van der Waals surface area (Å²) in [5.74, 6) is 3.77. The Bertz CT molecular complexity index is 529. The second kappa shape index (κ2) is 4.40. The molecule has 0 radical (unpaired) electrons. The van der Waals surface area contributed by atoms with Gasteiger partial charge in [0.15, 0.2) is 0 Å². The number of para-hydroxylation sites is 2. The van der Waals surface area contributed by atoms with Crippen LogP contribution in [0.2, 0.25) is 0 Å². The van der Waals surface area contributed by atoms with Crippen LogP contribution in [0.25, 0.3) is 11.0 Å². The quantitative estimate of drug-likeness (QED) is 0.714. The van der Waals surface area contributed by atoms with Gasteiger partial charge in [-0.05, 0) is 26.0 Å². The summed E-state index contributed by atoms with van der Waals surface area (Å²) in [6.07, 6.45) is 6.91. The molecule has 0 fully saturated rings. The van der Waals surface area contributed by atoms with Crippen LogP contribution in [0.3, 0.4) is 0 Å². The molecule has 82 valence electrons. The molecule has 0 saturated carbocycles.